The van der Waals surface area contributed by atoms with E-state index in [4.69, 9.17) is 4.74 Å². The first kappa shape index (κ1) is 22.0. The Morgan fingerprint density at radius 2 is 1.91 bits per heavy atom. The summed E-state index contributed by atoms with van der Waals surface area (Å²) in [5.41, 5.74) is 1.02. The first-order valence-corrected chi connectivity index (χ1v) is 9.20. The molecular formula is C15H26IN3O3S. The van der Waals surface area contributed by atoms with Gasteiger partial charge < -0.3 is 15.4 Å². The molecule has 0 saturated heterocycles. The molecule has 0 radical (unpaired) electrons. The second-order valence-corrected chi connectivity index (χ2v) is 7.10. The van der Waals surface area contributed by atoms with Crippen LogP contribution in [-0.4, -0.2) is 46.1 Å². The zero-order valence-electron chi connectivity index (χ0n) is 13.8. The maximum atomic E-state index is 11.4. The summed E-state index contributed by atoms with van der Waals surface area (Å²) in [5, 5.41) is 6.15. The van der Waals surface area contributed by atoms with Gasteiger partial charge in [0.15, 0.2) is 15.8 Å². The van der Waals surface area contributed by atoms with Crippen molar-refractivity contribution < 1.29 is 13.2 Å². The number of guanidine groups is 1. The fourth-order valence-electron chi connectivity index (χ4n) is 1.82. The lowest BCUT2D eigenvalue weighted by molar-refractivity contribution is 0.336. The van der Waals surface area contributed by atoms with Crippen LogP contribution in [0.15, 0.2) is 29.3 Å². The van der Waals surface area contributed by atoms with Gasteiger partial charge in [0.2, 0.25) is 0 Å². The number of nitrogens with zero attached hydrogens (tertiary/aromatic N) is 1. The third kappa shape index (κ3) is 8.40. The lowest BCUT2D eigenvalue weighted by Crippen LogP contribution is -2.39. The maximum Gasteiger partial charge on any atom is 0.191 e. The monoisotopic (exact) mass is 455 g/mol. The molecule has 1 aromatic carbocycles. The number of aliphatic imine (C=N–C) groups is 1. The van der Waals surface area contributed by atoms with Crippen molar-refractivity contribution in [2.24, 2.45) is 4.99 Å². The molecule has 0 aliphatic heterocycles. The highest BCUT2D eigenvalue weighted by atomic mass is 127. The number of rotatable bonds is 8. The summed E-state index contributed by atoms with van der Waals surface area (Å²) >= 11 is 0. The lowest BCUT2D eigenvalue weighted by atomic mass is 10.2. The van der Waals surface area contributed by atoms with E-state index in [2.05, 4.69) is 15.6 Å². The van der Waals surface area contributed by atoms with Crippen molar-refractivity contribution in [1.82, 2.24) is 10.6 Å². The normalized spacial score (nSPS) is 11.5. The van der Waals surface area contributed by atoms with Crippen LogP contribution in [0.1, 0.15) is 19.4 Å². The van der Waals surface area contributed by atoms with Crippen LogP contribution in [0.4, 0.5) is 0 Å². The quantitative estimate of drug-likeness (QED) is 0.355. The van der Waals surface area contributed by atoms with E-state index >= 15 is 0 Å². The molecule has 0 fully saturated rings. The third-order valence-electron chi connectivity index (χ3n) is 3.09. The number of benzene rings is 1. The molecule has 6 nitrogen and oxygen atoms in total. The van der Waals surface area contributed by atoms with Crippen molar-refractivity contribution in [1.29, 1.82) is 0 Å². The smallest absolute Gasteiger partial charge is 0.191 e. The molecule has 0 aliphatic rings. The van der Waals surface area contributed by atoms with Crippen molar-refractivity contribution >= 4 is 39.8 Å². The zero-order chi connectivity index (χ0) is 16.4. The second kappa shape index (κ2) is 11.5. The van der Waals surface area contributed by atoms with Gasteiger partial charge in [-0.3, -0.25) is 4.99 Å². The molecule has 2 N–H and O–H groups in total. The topological polar surface area (TPSA) is 79.8 Å². The van der Waals surface area contributed by atoms with Gasteiger partial charge >= 0.3 is 0 Å². The molecule has 8 heteroatoms. The Labute approximate surface area is 156 Å². The average Bonchev–Trinajstić information content (AvgIpc) is 2.52. The largest absolute Gasteiger partial charge is 0.494 e. The molecule has 0 saturated carbocycles. The van der Waals surface area contributed by atoms with Gasteiger partial charge in [-0.2, -0.15) is 0 Å². The summed E-state index contributed by atoms with van der Waals surface area (Å²) in [6, 6.07) is 7.78. The van der Waals surface area contributed by atoms with Crippen LogP contribution in [0.5, 0.6) is 5.75 Å². The van der Waals surface area contributed by atoms with E-state index in [1.807, 2.05) is 31.2 Å². The number of ether oxygens (including phenoxy) is 1. The number of sulfone groups is 1. The molecule has 1 rings (SSSR count). The minimum Gasteiger partial charge on any atom is -0.494 e. The first-order valence-electron chi connectivity index (χ1n) is 7.38. The molecule has 0 spiro atoms. The van der Waals surface area contributed by atoms with E-state index in [0.29, 0.717) is 25.7 Å². The zero-order valence-corrected chi connectivity index (χ0v) is 17.0. The number of hydrogen-bond donors (Lipinski definition) is 2. The predicted octanol–water partition coefficient (Wildman–Crippen LogP) is 1.80. The fraction of sp³-hybridized carbons (Fsp3) is 0.533. The van der Waals surface area contributed by atoms with E-state index < -0.39 is 9.84 Å². The van der Waals surface area contributed by atoms with Crippen LogP contribution < -0.4 is 15.4 Å². The van der Waals surface area contributed by atoms with E-state index in [0.717, 1.165) is 11.3 Å². The summed E-state index contributed by atoms with van der Waals surface area (Å²) in [4.78, 5) is 4.08. The van der Waals surface area contributed by atoms with Crippen LogP contribution in [0.3, 0.4) is 0 Å². The van der Waals surface area contributed by atoms with Gasteiger partial charge in [-0.25, -0.2) is 8.42 Å². The molecule has 23 heavy (non-hydrogen) atoms. The average molecular weight is 455 g/mol. The fourth-order valence-corrected chi connectivity index (χ4v) is 2.52. The lowest BCUT2D eigenvalue weighted by Gasteiger charge is -2.14. The summed E-state index contributed by atoms with van der Waals surface area (Å²) in [5.74, 6) is 1.65. The molecule has 0 unspecified atom stereocenters. The standard InChI is InChI=1S/C15H25N3O3S.HI/c1-4-21-14-9-7-6-8-13(14)12-18-15(16-3)17-10-11-22(19,20)5-2;/h6-9H,4-5,10-12H2,1-3H3,(H2,16,17,18);1H. The SMILES string of the molecule is CCOc1ccccc1CNC(=NC)NCCS(=O)(=O)CC.I. The van der Waals surface area contributed by atoms with Crippen LogP contribution >= 0.6 is 24.0 Å². The number of hydrogen-bond acceptors (Lipinski definition) is 4. The van der Waals surface area contributed by atoms with E-state index in [-0.39, 0.29) is 35.5 Å². The van der Waals surface area contributed by atoms with Gasteiger partial charge in [-0.05, 0) is 13.0 Å². The summed E-state index contributed by atoms with van der Waals surface area (Å²) in [6.45, 7) is 5.09. The molecule has 0 bridgehead atoms. The van der Waals surface area contributed by atoms with Crippen LogP contribution in [0, 0.1) is 0 Å². The summed E-state index contributed by atoms with van der Waals surface area (Å²) in [7, 11) is -1.32. The minimum absolute atomic E-state index is 0. The van der Waals surface area contributed by atoms with Gasteiger partial charge in [0, 0.05) is 31.5 Å². The van der Waals surface area contributed by atoms with Gasteiger partial charge in [-0.1, -0.05) is 25.1 Å². The van der Waals surface area contributed by atoms with Crippen molar-refractivity contribution in [2.45, 2.75) is 20.4 Å². The van der Waals surface area contributed by atoms with Crippen molar-refractivity contribution in [2.75, 3.05) is 31.7 Å². The van der Waals surface area contributed by atoms with E-state index in [9.17, 15) is 8.42 Å². The number of para-hydroxylation sites is 1. The van der Waals surface area contributed by atoms with E-state index in [1.165, 1.54) is 0 Å². The van der Waals surface area contributed by atoms with Crippen LogP contribution in [0.25, 0.3) is 0 Å². The molecule has 1 aromatic rings. The molecule has 0 aliphatic carbocycles. The molecule has 0 amide bonds. The highest BCUT2D eigenvalue weighted by molar-refractivity contribution is 14.0. The Morgan fingerprint density at radius 3 is 2.52 bits per heavy atom. The summed E-state index contributed by atoms with van der Waals surface area (Å²) < 4.78 is 28.5. The summed E-state index contributed by atoms with van der Waals surface area (Å²) in [6.07, 6.45) is 0. The molecule has 0 aromatic heterocycles. The highest BCUT2D eigenvalue weighted by Gasteiger charge is 2.08. The number of halogens is 1. The molecule has 0 heterocycles. The Hall–Kier alpha value is -1.03. The van der Waals surface area contributed by atoms with Crippen molar-refractivity contribution in [3.05, 3.63) is 29.8 Å². The minimum atomic E-state index is -2.97. The molecule has 0 atom stereocenters. The Bertz CT molecular complexity index is 591. The van der Waals surface area contributed by atoms with E-state index in [1.54, 1.807) is 14.0 Å². The highest BCUT2D eigenvalue weighted by Crippen LogP contribution is 2.17. The Kier molecular flexibility index (Phi) is 11.0. The van der Waals surface area contributed by atoms with Crippen LogP contribution in [0.2, 0.25) is 0 Å². The molecular weight excluding hydrogens is 429 g/mol. The van der Waals surface area contributed by atoms with Gasteiger partial charge in [-0.15, -0.1) is 24.0 Å². The Balaban J connectivity index is 0.00000484. The van der Waals surface area contributed by atoms with Gasteiger partial charge in [0.1, 0.15) is 5.75 Å². The number of nitrogens with one attached hydrogen (secondary N) is 2. The van der Waals surface area contributed by atoms with Crippen molar-refractivity contribution in [3.63, 3.8) is 0 Å². The second-order valence-electron chi connectivity index (χ2n) is 4.63. The maximum absolute atomic E-state index is 11.4. The predicted molar refractivity (Wildman–Crippen MR) is 106 cm³/mol. The van der Waals surface area contributed by atoms with Crippen LogP contribution in [-0.2, 0) is 16.4 Å². The first-order chi connectivity index (χ1) is 10.5. The van der Waals surface area contributed by atoms with Gasteiger partial charge in [0.05, 0.1) is 12.4 Å². The third-order valence-corrected chi connectivity index (χ3v) is 4.79. The Morgan fingerprint density at radius 1 is 1.22 bits per heavy atom. The van der Waals surface area contributed by atoms with Crippen molar-refractivity contribution in [3.8, 4) is 5.75 Å². The molecule has 132 valence electrons. The van der Waals surface area contributed by atoms with Gasteiger partial charge in [0.25, 0.3) is 0 Å².